The van der Waals surface area contributed by atoms with Gasteiger partial charge in [-0.2, -0.15) is 0 Å². The number of aliphatic hydroxyl groups is 2. The van der Waals surface area contributed by atoms with Crippen molar-refractivity contribution in [3.05, 3.63) is 124 Å². The topological polar surface area (TPSA) is 162 Å². The second-order valence-electron chi connectivity index (χ2n) is 15.7. The van der Waals surface area contributed by atoms with Gasteiger partial charge in [-0.3, -0.25) is 15.0 Å². The summed E-state index contributed by atoms with van der Waals surface area (Å²) in [6.07, 6.45) is 8.46. The summed E-state index contributed by atoms with van der Waals surface area (Å²) < 4.78 is 40.9. The Labute approximate surface area is 356 Å². The molecule has 13 nitrogen and oxygen atoms in total. The molecule has 1 amide bonds. The average Bonchev–Trinajstić information content (AvgIpc) is 3.26. The van der Waals surface area contributed by atoms with Gasteiger partial charge in [0.25, 0.3) is 5.69 Å². The Balaban J connectivity index is 1.54. The van der Waals surface area contributed by atoms with Crippen LogP contribution in [0, 0.1) is 33.7 Å². The number of unbranched alkanes of at least 4 members (excludes halogenated alkanes) is 2. The zero-order valence-electron chi connectivity index (χ0n) is 35.1. The molecule has 61 heavy (non-hydrogen) atoms. The zero-order valence-corrected chi connectivity index (χ0v) is 35.1. The van der Waals surface area contributed by atoms with E-state index in [1.807, 2.05) is 19.1 Å². The first-order valence-electron chi connectivity index (χ1n) is 21.4. The first kappa shape index (κ1) is 45.2. The lowest BCUT2D eigenvalue weighted by atomic mass is 9.55. The molecule has 1 heterocycles. The number of ether oxygens (including phenoxy) is 4. The number of hydrogen-bond donors (Lipinski definition) is 2. The molecule has 2 aliphatic carbocycles. The van der Waals surface area contributed by atoms with Crippen molar-refractivity contribution in [3.63, 3.8) is 0 Å². The van der Waals surface area contributed by atoms with Gasteiger partial charge in [0.1, 0.15) is 36.6 Å². The molecule has 2 N–H and O–H groups in total. The highest BCUT2D eigenvalue weighted by molar-refractivity contribution is 6.03. The minimum Gasteiger partial charge on any atom is -0.489 e. The number of non-ortho nitro benzene ring substituents is 1. The monoisotopic (exact) mass is 843 g/mol. The molecule has 6 rings (SSSR count). The van der Waals surface area contributed by atoms with Gasteiger partial charge in [0.15, 0.2) is 0 Å². The van der Waals surface area contributed by atoms with Gasteiger partial charge in [0.2, 0.25) is 5.79 Å². The molecule has 0 unspecified atom stereocenters. The molecule has 0 radical (unpaired) electrons. The van der Waals surface area contributed by atoms with Crippen molar-refractivity contribution in [1.29, 1.82) is 0 Å². The summed E-state index contributed by atoms with van der Waals surface area (Å²) in [5.41, 5.74) is 3.39. The average molecular weight is 844 g/mol. The number of hydrogen-bond acceptors (Lipinski definition) is 11. The highest BCUT2D eigenvalue weighted by Crippen LogP contribution is 2.62. The summed E-state index contributed by atoms with van der Waals surface area (Å²) >= 11 is 0. The molecule has 14 heteroatoms. The van der Waals surface area contributed by atoms with Crippen LogP contribution < -0.4 is 9.47 Å². The maximum atomic E-state index is 14.7. The number of aliphatic hydroxyl groups excluding tert-OH is 2. The number of allylic oxidation sites excluding steroid dienone is 1. The van der Waals surface area contributed by atoms with Crippen LogP contribution in [-0.4, -0.2) is 76.6 Å². The summed E-state index contributed by atoms with van der Waals surface area (Å²) in [4.78, 5) is 32.7. The molecule has 0 aromatic heterocycles. The van der Waals surface area contributed by atoms with E-state index in [9.17, 15) is 29.5 Å². The second kappa shape index (κ2) is 21.5. The summed E-state index contributed by atoms with van der Waals surface area (Å²) in [6, 6.07) is 17.4. The Kier molecular flexibility index (Phi) is 15.9. The van der Waals surface area contributed by atoms with Crippen LogP contribution in [0.3, 0.4) is 0 Å². The van der Waals surface area contributed by atoms with Gasteiger partial charge in [-0.05, 0) is 98.4 Å². The van der Waals surface area contributed by atoms with Crippen molar-refractivity contribution in [1.82, 2.24) is 4.90 Å². The maximum Gasteiger partial charge on any atom is 0.410 e. The van der Waals surface area contributed by atoms with Gasteiger partial charge in [-0.1, -0.05) is 55.3 Å². The minimum atomic E-state index is -1.46. The second-order valence-corrected chi connectivity index (χ2v) is 15.7. The number of fused-ring (bicyclic) bond motifs is 2. The normalized spacial score (nSPS) is 23.2. The van der Waals surface area contributed by atoms with Gasteiger partial charge < -0.3 is 34.0 Å². The van der Waals surface area contributed by atoms with E-state index in [-0.39, 0.29) is 75.3 Å². The Bertz CT molecular complexity index is 2030. The lowest BCUT2D eigenvalue weighted by Gasteiger charge is -2.59. The summed E-state index contributed by atoms with van der Waals surface area (Å²) in [5.74, 6) is -1.60. The first-order valence-corrected chi connectivity index (χ1v) is 21.4. The van der Waals surface area contributed by atoms with Crippen LogP contribution in [-0.2, 0) is 27.5 Å². The van der Waals surface area contributed by atoms with E-state index < -0.39 is 28.8 Å². The van der Waals surface area contributed by atoms with Crippen molar-refractivity contribution < 1.29 is 48.1 Å². The fraction of sp³-hybridized carbons (Fsp3) is 0.489. The predicted molar refractivity (Wildman–Crippen MR) is 228 cm³/mol. The van der Waals surface area contributed by atoms with Crippen LogP contribution in [0.25, 0.3) is 0 Å². The van der Waals surface area contributed by atoms with Gasteiger partial charge in [0.05, 0.1) is 29.8 Å². The van der Waals surface area contributed by atoms with E-state index in [1.54, 1.807) is 54.3 Å². The van der Waals surface area contributed by atoms with E-state index in [1.165, 1.54) is 18.2 Å². The number of nitro benzene ring substituents is 1. The molecule has 1 fully saturated rings. The van der Waals surface area contributed by atoms with E-state index in [4.69, 9.17) is 28.9 Å². The summed E-state index contributed by atoms with van der Waals surface area (Å²) in [5, 5.41) is 35.9. The molecule has 0 saturated heterocycles. The van der Waals surface area contributed by atoms with Crippen LogP contribution in [0.15, 0.2) is 96.2 Å². The smallest absolute Gasteiger partial charge is 0.410 e. The molecule has 1 aliphatic heterocycles. The third-order valence-corrected chi connectivity index (χ3v) is 11.9. The van der Waals surface area contributed by atoms with Crippen LogP contribution in [0.4, 0.5) is 14.9 Å². The quantitative estimate of drug-likeness (QED) is 0.0432. The van der Waals surface area contributed by atoms with Crippen LogP contribution in [0.2, 0.25) is 0 Å². The standard InChI is InChI=1S/C47H58FN3O10/c1-4-23-50(46(54)57-6-3)43-29-41(49-60-30-32-17-19-35(20-18-32)51(55)56)38-27-33(13-9-11-24-52)37(15-10-12-25-53)44-39-28-36(58-31-34-14-7-8-16-40(34)48)21-22-42(39)61-47(43,45(38)44)59-26-5-2/h5,7-8,14,16-22,27-28,33,37,43-45,52-53H,2,4,6,9-13,15,23-26,29-31H2,1,3H3/t33-,37+,43-,44+,45+,47+/m0/s1. The molecule has 3 aliphatic rings. The Morgan fingerprint density at radius 1 is 1.05 bits per heavy atom. The number of carbonyl (C=O) groups is 1. The van der Waals surface area contributed by atoms with Gasteiger partial charge in [-0.25, -0.2) is 9.18 Å². The SMILES string of the molecule is C=CCO[C@@]12Oc3ccc(OCc4ccccc4F)cc3[C@H]3[C@H](CCCCO)[C@@H](CCCCO)C=C(C(=NOCc4ccc([N+](=O)[O-])cc4)C[C@@H]1N(CCC)C(=O)OCC)[C@H]32. The van der Waals surface area contributed by atoms with E-state index in [0.717, 1.165) is 36.8 Å². The van der Waals surface area contributed by atoms with Gasteiger partial charge >= 0.3 is 6.09 Å². The third-order valence-electron chi connectivity index (χ3n) is 11.9. The maximum absolute atomic E-state index is 14.7. The molecule has 328 valence electrons. The highest BCUT2D eigenvalue weighted by Gasteiger charge is 2.65. The summed E-state index contributed by atoms with van der Waals surface area (Å²) in [7, 11) is 0. The van der Waals surface area contributed by atoms with Crippen LogP contribution in [0.5, 0.6) is 11.5 Å². The number of amides is 1. The minimum absolute atomic E-state index is 0.000704. The fourth-order valence-electron chi connectivity index (χ4n) is 9.23. The van der Waals surface area contributed by atoms with E-state index in [0.29, 0.717) is 54.1 Å². The molecule has 0 spiro atoms. The highest BCUT2D eigenvalue weighted by atomic mass is 19.1. The number of nitrogens with zero attached hydrogens (tertiary/aromatic N) is 3. The molecular formula is C47H58FN3O10. The van der Waals surface area contributed by atoms with Crippen LogP contribution >= 0.6 is 0 Å². The number of halogens is 1. The van der Waals surface area contributed by atoms with Crippen molar-refractivity contribution in [2.45, 2.75) is 96.2 Å². The number of carbonyl (C=O) groups excluding carboxylic acids is 1. The fourth-order valence-corrected chi connectivity index (χ4v) is 9.23. The molecule has 3 aromatic rings. The lowest BCUT2D eigenvalue weighted by Crippen LogP contribution is -2.70. The third kappa shape index (κ3) is 10.3. The van der Waals surface area contributed by atoms with Crippen molar-refractivity contribution >= 4 is 17.5 Å². The molecule has 3 aromatic carbocycles. The molecule has 0 bridgehead atoms. The van der Waals surface area contributed by atoms with Crippen LogP contribution in [0.1, 0.15) is 87.8 Å². The van der Waals surface area contributed by atoms with E-state index >= 15 is 0 Å². The number of rotatable bonds is 22. The Morgan fingerprint density at radius 3 is 2.49 bits per heavy atom. The Hall–Kier alpha value is -5.31. The predicted octanol–water partition coefficient (Wildman–Crippen LogP) is 9.02. The first-order chi connectivity index (χ1) is 29.7. The van der Waals surface area contributed by atoms with E-state index in [2.05, 4.69) is 12.7 Å². The number of nitro groups is 1. The Morgan fingerprint density at radius 2 is 1.80 bits per heavy atom. The number of benzene rings is 3. The lowest BCUT2D eigenvalue weighted by molar-refractivity contribution is -0.384. The largest absolute Gasteiger partial charge is 0.489 e. The van der Waals surface area contributed by atoms with Gasteiger partial charge in [-0.15, -0.1) is 6.58 Å². The number of oxime groups is 1. The molecular weight excluding hydrogens is 786 g/mol. The molecule has 6 atom stereocenters. The molecule has 1 saturated carbocycles. The van der Waals surface area contributed by atoms with Gasteiger partial charge in [0, 0.05) is 55.4 Å². The van der Waals surface area contributed by atoms with Crippen molar-refractivity contribution in [3.8, 4) is 11.5 Å². The summed E-state index contributed by atoms with van der Waals surface area (Å²) in [6.45, 7) is 8.48. The zero-order chi connectivity index (χ0) is 43.4. The van der Waals surface area contributed by atoms with Crippen molar-refractivity contribution in [2.75, 3.05) is 33.0 Å². The van der Waals surface area contributed by atoms with Crippen molar-refractivity contribution in [2.24, 2.45) is 22.9 Å².